The van der Waals surface area contributed by atoms with E-state index in [1.165, 1.54) is 0 Å². The summed E-state index contributed by atoms with van der Waals surface area (Å²) in [7, 11) is 1.61. The van der Waals surface area contributed by atoms with Crippen molar-refractivity contribution >= 4 is 21.6 Å². The summed E-state index contributed by atoms with van der Waals surface area (Å²) in [5.41, 5.74) is 2.86. The second-order valence-corrected chi connectivity index (χ2v) is 5.32. The van der Waals surface area contributed by atoms with E-state index in [2.05, 4.69) is 27.3 Å². The maximum absolute atomic E-state index is 9.46. The van der Waals surface area contributed by atoms with Crippen molar-refractivity contribution < 1.29 is 4.74 Å². The van der Waals surface area contributed by atoms with E-state index in [1.807, 2.05) is 49.4 Å². The Morgan fingerprint density at radius 1 is 1.25 bits per heavy atom. The number of benzene rings is 2. The van der Waals surface area contributed by atoms with Crippen molar-refractivity contribution in [2.75, 3.05) is 12.4 Å². The zero-order valence-electron chi connectivity index (χ0n) is 11.4. The molecule has 0 aliphatic heterocycles. The number of hydrogen-bond acceptors (Lipinski definition) is 3. The summed E-state index contributed by atoms with van der Waals surface area (Å²) in [5, 5.41) is 12.7. The normalized spacial score (nSPS) is 11.5. The van der Waals surface area contributed by atoms with E-state index in [0.717, 1.165) is 21.3 Å². The molecular formula is C16H15BrN2O. The van der Waals surface area contributed by atoms with E-state index in [-0.39, 0.29) is 0 Å². The molecule has 1 unspecified atom stereocenters. The molecule has 0 fully saturated rings. The zero-order valence-corrected chi connectivity index (χ0v) is 12.9. The van der Waals surface area contributed by atoms with Crippen molar-refractivity contribution in [3.05, 3.63) is 58.1 Å². The monoisotopic (exact) mass is 330 g/mol. The van der Waals surface area contributed by atoms with E-state index < -0.39 is 6.04 Å². The van der Waals surface area contributed by atoms with Crippen LogP contribution in [0.1, 0.15) is 17.2 Å². The van der Waals surface area contributed by atoms with Crippen LogP contribution in [-0.4, -0.2) is 7.11 Å². The first-order chi connectivity index (χ1) is 9.65. The number of nitrogens with one attached hydrogen (secondary N) is 1. The molecule has 0 aliphatic carbocycles. The number of hydrogen-bond donors (Lipinski definition) is 1. The van der Waals surface area contributed by atoms with Crippen LogP contribution in [0.5, 0.6) is 5.75 Å². The number of aryl methyl sites for hydroxylation is 1. The fraction of sp³-hybridized carbons (Fsp3) is 0.188. The minimum atomic E-state index is -0.469. The van der Waals surface area contributed by atoms with Crippen molar-refractivity contribution in [3.63, 3.8) is 0 Å². The first-order valence-corrected chi connectivity index (χ1v) is 7.00. The average Bonchev–Trinajstić information content (AvgIpc) is 2.46. The van der Waals surface area contributed by atoms with Crippen LogP contribution in [0.3, 0.4) is 0 Å². The maximum atomic E-state index is 9.46. The highest BCUT2D eigenvalue weighted by Gasteiger charge is 2.16. The third kappa shape index (κ3) is 3.12. The van der Waals surface area contributed by atoms with Crippen LogP contribution in [0.4, 0.5) is 5.69 Å². The van der Waals surface area contributed by atoms with Gasteiger partial charge in [-0.05, 0) is 36.8 Å². The van der Waals surface area contributed by atoms with E-state index >= 15 is 0 Å². The summed E-state index contributed by atoms with van der Waals surface area (Å²) in [6.07, 6.45) is 0. The molecule has 20 heavy (non-hydrogen) atoms. The van der Waals surface area contributed by atoms with Crippen LogP contribution in [-0.2, 0) is 0 Å². The predicted molar refractivity (Wildman–Crippen MR) is 83.8 cm³/mol. The molecule has 0 bridgehead atoms. The molecule has 0 radical (unpaired) electrons. The number of nitrogens with zero attached hydrogens (tertiary/aromatic N) is 1. The first-order valence-electron chi connectivity index (χ1n) is 6.21. The van der Waals surface area contributed by atoms with Gasteiger partial charge in [-0.3, -0.25) is 0 Å². The highest BCUT2D eigenvalue weighted by atomic mass is 79.9. The molecule has 2 aromatic carbocycles. The number of rotatable bonds is 4. The van der Waals surface area contributed by atoms with Gasteiger partial charge in [0.1, 0.15) is 11.8 Å². The molecule has 1 atom stereocenters. The second kappa shape index (κ2) is 6.44. The van der Waals surface area contributed by atoms with E-state index in [0.29, 0.717) is 5.75 Å². The summed E-state index contributed by atoms with van der Waals surface area (Å²) >= 11 is 3.43. The topological polar surface area (TPSA) is 45.0 Å². The lowest BCUT2D eigenvalue weighted by molar-refractivity contribution is 0.409. The molecule has 4 heteroatoms. The quantitative estimate of drug-likeness (QED) is 0.901. The summed E-state index contributed by atoms with van der Waals surface area (Å²) in [6.45, 7) is 2.01. The Labute approximate surface area is 127 Å². The molecule has 0 spiro atoms. The lowest BCUT2D eigenvalue weighted by Crippen LogP contribution is -2.10. The molecule has 0 saturated heterocycles. The summed E-state index contributed by atoms with van der Waals surface area (Å²) < 4.78 is 6.26. The Hall–Kier alpha value is -1.99. The van der Waals surface area contributed by atoms with Gasteiger partial charge < -0.3 is 10.1 Å². The van der Waals surface area contributed by atoms with Gasteiger partial charge in [-0.2, -0.15) is 5.26 Å². The van der Waals surface area contributed by atoms with Crippen LogP contribution >= 0.6 is 15.9 Å². The van der Waals surface area contributed by atoms with Crippen LogP contribution in [0.25, 0.3) is 0 Å². The Morgan fingerprint density at radius 2 is 2.00 bits per heavy atom. The zero-order chi connectivity index (χ0) is 14.5. The van der Waals surface area contributed by atoms with Crippen molar-refractivity contribution in [3.8, 4) is 11.8 Å². The molecule has 1 N–H and O–H groups in total. The summed E-state index contributed by atoms with van der Waals surface area (Å²) in [6, 6.07) is 15.4. The molecule has 102 valence electrons. The Bertz CT molecular complexity index is 649. The van der Waals surface area contributed by atoms with Crippen molar-refractivity contribution in [1.82, 2.24) is 0 Å². The second-order valence-electron chi connectivity index (χ2n) is 4.41. The van der Waals surface area contributed by atoms with Gasteiger partial charge in [-0.25, -0.2) is 0 Å². The van der Waals surface area contributed by atoms with Crippen molar-refractivity contribution in [2.45, 2.75) is 13.0 Å². The highest BCUT2D eigenvalue weighted by molar-refractivity contribution is 9.10. The van der Waals surface area contributed by atoms with Gasteiger partial charge in [0.25, 0.3) is 0 Å². The van der Waals surface area contributed by atoms with E-state index in [4.69, 9.17) is 4.74 Å². The lowest BCUT2D eigenvalue weighted by Gasteiger charge is -2.18. The first kappa shape index (κ1) is 14.4. The van der Waals surface area contributed by atoms with Crippen LogP contribution in [0, 0.1) is 18.3 Å². The molecule has 2 rings (SSSR count). The van der Waals surface area contributed by atoms with E-state index in [9.17, 15) is 5.26 Å². The maximum Gasteiger partial charge on any atom is 0.143 e. The van der Waals surface area contributed by atoms with Gasteiger partial charge in [0.05, 0.1) is 13.2 Å². The number of nitriles is 1. The lowest BCUT2D eigenvalue weighted by atomic mass is 10.1. The molecular weight excluding hydrogens is 316 g/mol. The number of anilines is 1. The molecule has 0 aliphatic rings. The summed E-state index contributed by atoms with van der Waals surface area (Å²) in [4.78, 5) is 0. The fourth-order valence-corrected chi connectivity index (χ4v) is 2.38. The summed E-state index contributed by atoms with van der Waals surface area (Å²) in [5.74, 6) is 0.695. The smallest absolute Gasteiger partial charge is 0.143 e. The van der Waals surface area contributed by atoms with Gasteiger partial charge >= 0.3 is 0 Å². The highest BCUT2D eigenvalue weighted by Crippen LogP contribution is 2.31. The Morgan fingerprint density at radius 3 is 2.65 bits per heavy atom. The number of halogens is 1. The van der Waals surface area contributed by atoms with E-state index in [1.54, 1.807) is 7.11 Å². The van der Waals surface area contributed by atoms with Crippen LogP contribution in [0.2, 0.25) is 0 Å². The van der Waals surface area contributed by atoms with Crippen molar-refractivity contribution in [2.24, 2.45) is 0 Å². The molecule has 0 amide bonds. The standard InChI is InChI=1S/C16H15BrN2O/c1-11-5-3-4-6-14(11)19-15(10-18)13-9-12(17)7-8-16(13)20-2/h3-9,15,19H,1-2H3. The number of ether oxygens (including phenoxy) is 1. The minimum absolute atomic E-state index is 0.469. The minimum Gasteiger partial charge on any atom is -0.496 e. The Kier molecular flexibility index (Phi) is 4.65. The van der Waals surface area contributed by atoms with Gasteiger partial charge in [-0.15, -0.1) is 0 Å². The third-order valence-corrected chi connectivity index (χ3v) is 3.57. The SMILES string of the molecule is COc1ccc(Br)cc1C(C#N)Nc1ccccc1C. The average molecular weight is 331 g/mol. The van der Waals surface area contributed by atoms with Gasteiger partial charge in [-0.1, -0.05) is 34.1 Å². The largest absolute Gasteiger partial charge is 0.496 e. The molecule has 3 nitrogen and oxygen atoms in total. The fourth-order valence-electron chi connectivity index (χ4n) is 2.00. The third-order valence-electron chi connectivity index (χ3n) is 3.08. The van der Waals surface area contributed by atoms with Crippen LogP contribution in [0.15, 0.2) is 46.9 Å². The van der Waals surface area contributed by atoms with Gasteiger partial charge in [0.15, 0.2) is 0 Å². The number of methoxy groups -OCH3 is 1. The molecule has 0 aromatic heterocycles. The molecule has 2 aromatic rings. The molecule has 0 saturated carbocycles. The van der Waals surface area contributed by atoms with Gasteiger partial charge in [0.2, 0.25) is 0 Å². The van der Waals surface area contributed by atoms with Crippen LogP contribution < -0.4 is 10.1 Å². The number of para-hydroxylation sites is 1. The van der Waals surface area contributed by atoms with Crippen molar-refractivity contribution in [1.29, 1.82) is 5.26 Å². The molecule has 0 heterocycles. The Balaban J connectivity index is 2.37. The van der Waals surface area contributed by atoms with Gasteiger partial charge in [0, 0.05) is 15.7 Å². The predicted octanol–water partition coefficient (Wildman–Crippen LogP) is 4.44.